The third kappa shape index (κ3) is 3.90. The summed E-state index contributed by atoms with van der Waals surface area (Å²) < 4.78 is 0. The fourth-order valence-corrected chi connectivity index (χ4v) is 3.33. The van der Waals surface area contributed by atoms with Crippen LogP contribution < -0.4 is 10.6 Å². The Balaban J connectivity index is 1.72. The summed E-state index contributed by atoms with van der Waals surface area (Å²) >= 11 is 0. The predicted molar refractivity (Wildman–Crippen MR) is 102 cm³/mol. The number of amides is 2. The maximum atomic E-state index is 12.8. The number of carbonyl (C=O) groups is 2. The Bertz CT molecular complexity index is 753. The summed E-state index contributed by atoms with van der Waals surface area (Å²) in [6.07, 6.45) is 5.89. The molecule has 2 aliphatic rings. The molecule has 2 aliphatic carbocycles. The van der Waals surface area contributed by atoms with Crippen LogP contribution in [0.15, 0.2) is 45.8 Å². The van der Waals surface area contributed by atoms with Crippen molar-refractivity contribution in [2.75, 3.05) is 0 Å². The Morgan fingerprint density at radius 2 is 1.85 bits per heavy atom. The minimum atomic E-state index is -0.350. The molecule has 0 unspecified atom stereocenters. The number of benzene rings is 1. The van der Waals surface area contributed by atoms with Gasteiger partial charge in [-0.05, 0) is 50.5 Å². The van der Waals surface area contributed by atoms with Crippen molar-refractivity contribution in [2.24, 2.45) is 15.9 Å². The number of carbonyl (C=O) groups excluding carboxylic acids is 2. The van der Waals surface area contributed by atoms with E-state index in [9.17, 15) is 9.59 Å². The number of nitrogens with zero attached hydrogens (tertiary/aromatic N) is 2. The lowest BCUT2D eigenvalue weighted by molar-refractivity contribution is -0.126. The first-order chi connectivity index (χ1) is 12.6. The summed E-state index contributed by atoms with van der Waals surface area (Å²) in [5.74, 6) is -0.361. The summed E-state index contributed by atoms with van der Waals surface area (Å²) in [5, 5.41) is 5.72. The van der Waals surface area contributed by atoms with Gasteiger partial charge >= 0.3 is 0 Å². The molecular weight excluding hydrogens is 328 g/mol. The molecule has 0 radical (unpaired) electrons. The average molecular weight is 352 g/mol. The molecule has 0 saturated heterocycles. The smallest absolute Gasteiger partial charge is 0.273 e. The van der Waals surface area contributed by atoms with Gasteiger partial charge in [0.25, 0.3) is 5.91 Å². The molecule has 136 valence electrons. The minimum absolute atomic E-state index is 0.00833. The van der Waals surface area contributed by atoms with Gasteiger partial charge in [-0.3, -0.25) is 14.6 Å². The van der Waals surface area contributed by atoms with E-state index in [1.54, 1.807) is 6.92 Å². The average Bonchev–Trinajstić information content (AvgIpc) is 2.98. The summed E-state index contributed by atoms with van der Waals surface area (Å²) in [6, 6.07) is 8.18. The number of fused-ring (bicyclic) bond motifs is 1. The van der Waals surface area contributed by atoms with Gasteiger partial charge in [0.05, 0.1) is 0 Å². The summed E-state index contributed by atoms with van der Waals surface area (Å²) in [6.45, 7) is 5.21. The summed E-state index contributed by atoms with van der Waals surface area (Å²) in [7, 11) is 0. The number of nitrogens with one attached hydrogen (secondary N) is 2. The number of hydrogen-bond donors (Lipinski definition) is 2. The highest BCUT2D eigenvalue weighted by Crippen LogP contribution is 2.27. The van der Waals surface area contributed by atoms with E-state index in [1.807, 2.05) is 12.1 Å². The van der Waals surface area contributed by atoms with Gasteiger partial charge in [0.15, 0.2) is 11.5 Å². The van der Waals surface area contributed by atoms with Gasteiger partial charge in [-0.15, -0.1) is 0 Å². The van der Waals surface area contributed by atoms with Crippen LogP contribution in [0.1, 0.15) is 37.3 Å². The van der Waals surface area contributed by atoms with Crippen LogP contribution in [-0.2, 0) is 22.4 Å². The molecule has 0 aromatic heterocycles. The normalized spacial score (nSPS) is 18.0. The molecule has 2 N–H and O–H groups in total. The second-order valence-electron chi connectivity index (χ2n) is 6.71. The van der Waals surface area contributed by atoms with Gasteiger partial charge in [0.1, 0.15) is 0 Å². The molecule has 6 heteroatoms. The van der Waals surface area contributed by atoms with Crippen LogP contribution in [0.3, 0.4) is 0 Å². The zero-order valence-electron chi connectivity index (χ0n) is 15.0. The Hall–Kier alpha value is -2.76. The van der Waals surface area contributed by atoms with Crippen LogP contribution in [0.5, 0.6) is 0 Å². The maximum Gasteiger partial charge on any atom is 0.273 e. The monoisotopic (exact) mass is 352 g/mol. The fourth-order valence-electron chi connectivity index (χ4n) is 3.33. The molecule has 0 atom stereocenters. The lowest BCUT2D eigenvalue weighted by atomic mass is 9.85. The van der Waals surface area contributed by atoms with Gasteiger partial charge in [0, 0.05) is 18.2 Å². The molecule has 0 aliphatic heterocycles. The highest BCUT2D eigenvalue weighted by Gasteiger charge is 2.28. The first kappa shape index (κ1) is 18.0. The highest BCUT2D eigenvalue weighted by molar-refractivity contribution is 5.96. The van der Waals surface area contributed by atoms with Gasteiger partial charge < -0.3 is 10.6 Å². The van der Waals surface area contributed by atoms with E-state index in [0.717, 1.165) is 32.1 Å². The van der Waals surface area contributed by atoms with E-state index in [2.05, 4.69) is 39.5 Å². The van der Waals surface area contributed by atoms with Crippen LogP contribution >= 0.6 is 0 Å². The molecular formula is C20H24N4O2. The van der Waals surface area contributed by atoms with Crippen molar-refractivity contribution >= 4 is 24.7 Å². The third-order valence-corrected chi connectivity index (χ3v) is 4.96. The Labute approximate surface area is 153 Å². The highest BCUT2D eigenvalue weighted by atomic mass is 16.2. The van der Waals surface area contributed by atoms with Crippen LogP contribution in [0, 0.1) is 5.92 Å². The predicted octanol–water partition coefficient (Wildman–Crippen LogP) is 2.15. The summed E-state index contributed by atoms with van der Waals surface area (Å²) in [4.78, 5) is 32.9. The largest absolute Gasteiger partial charge is 0.347 e. The third-order valence-electron chi connectivity index (χ3n) is 4.96. The molecule has 26 heavy (non-hydrogen) atoms. The van der Waals surface area contributed by atoms with Crippen LogP contribution in [0.4, 0.5) is 0 Å². The molecule has 3 rings (SSSR count). The molecule has 2 amide bonds. The maximum absolute atomic E-state index is 12.8. The summed E-state index contributed by atoms with van der Waals surface area (Å²) in [5.41, 5.74) is 2.59. The van der Waals surface area contributed by atoms with E-state index in [1.165, 1.54) is 17.3 Å². The molecule has 0 heterocycles. The lowest BCUT2D eigenvalue weighted by Crippen LogP contribution is -2.39. The van der Waals surface area contributed by atoms with Gasteiger partial charge in [-0.2, -0.15) is 0 Å². The molecule has 6 nitrogen and oxygen atoms in total. The molecule has 1 aromatic carbocycles. The van der Waals surface area contributed by atoms with E-state index in [0.29, 0.717) is 0 Å². The van der Waals surface area contributed by atoms with Gasteiger partial charge in [0.2, 0.25) is 5.91 Å². The number of rotatable bonds is 6. The second kappa shape index (κ2) is 8.08. The Morgan fingerprint density at radius 3 is 2.35 bits per heavy atom. The van der Waals surface area contributed by atoms with Gasteiger partial charge in [-0.25, -0.2) is 4.99 Å². The SMILES string of the molecule is C=N/C(NC(=O)C1CCC1)=C(\N=C/C)C(=O)NC1Cc2ccccc2C1. The van der Waals surface area contributed by atoms with E-state index in [4.69, 9.17) is 0 Å². The molecule has 1 aromatic rings. The fraction of sp³-hybridized carbons (Fsp3) is 0.400. The van der Waals surface area contributed by atoms with Crippen molar-refractivity contribution in [1.29, 1.82) is 0 Å². The van der Waals surface area contributed by atoms with Crippen LogP contribution in [0.2, 0.25) is 0 Å². The number of aliphatic imine (C=N–C) groups is 2. The molecule has 1 fully saturated rings. The first-order valence-electron chi connectivity index (χ1n) is 9.00. The van der Waals surface area contributed by atoms with Crippen molar-refractivity contribution < 1.29 is 9.59 Å². The van der Waals surface area contributed by atoms with E-state index in [-0.39, 0.29) is 35.3 Å². The van der Waals surface area contributed by atoms with Crippen molar-refractivity contribution in [1.82, 2.24) is 10.6 Å². The van der Waals surface area contributed by atoms with E-state index >= 15 is 0 Å². The Morgan fingerprint density at radius 1 is 1.19 bits per heavy atom. The zero-order chi connectivity index (χ0) is 18.5. The zero-order valence-corrected chi connectivity index (χ0v) is 15.0. The van der Waals surface area contributed by atoms with Crippen molar-refractivity contribution in [3.63, 3.8) is 0 Å². The van der Waals surface area contributed by atoms with Crippen molar-refractivity contribution in [2.45, 2.75) is 45.1 Å². The van der Waals surface area contributed by atoms with Crippen molar-refractivity contribution in [3.05, 3.63) is 46.9 Å². The van der Waals surface area contributed by atoms with Crippen molar-refractivity contribution in [3.8, 4) is 0 Å². The molecule has 0 bridgehead atoms. The quantitative estimate of drug-likeness (QED) is 0.607. The van der Waals surface area contributed by atoms with Crippen LogP contribution in [0.25, 0.3) is 0 Å². The second-order valence-corrected chi connectivity index (χ2v) is 6.71. The first-order valence-corrected chi connectivity index (χ1v) is 9.00. The van der Waals surface area contributed by atoms with Gasteiger partial charge in [-0.1, -0.05) is 30.7 Å². The topological polar surface area (TPSA) is 82.9 Å². The molecule has 1 saturated carbocycles. The minimum Gasteiger partial charge on any atom is -0.347 e. The molecule has 0 spiro atoms. The van der Waals surface area contributed by atoms with E-state index < -0.39 is 0 Å². The Kier molecular flexibility index (Phi) is 5.61. The number of hydrogen-bond acceptors (Lipinski definition) is 4. The standard InChI is InChI=1S/C20H24N4O2/c1-3-22-17(18(21-2)24-19(25)13-9-6-10-13)20(26)23-16-11-14-7-4-5-8-15(14)12-16/h3-5,7-8,13,16H,2,6,9-12H2,1H3,(H,23,26)(H,24,25)/b18-17+,22-3-. The lowest BCUT2D eigenvalue weighted by Gasteiger charge is -2.24. The van der Waals surface area contributed by atoms with Crippen LogP contribution in [-0.4, -0.2) is 30.8 Å².